The average Bonchev–Trinajstić information content (AvgIpc) is 2.70. The van der Waals surface area contributed by atoms with Crippen LogP contribution in [0, 0.1) is 5.92 Å². The smallest absolute Gasteiger partial charge is 0.320 e. The quantitative estimate of drug-likeness (QED) is 0.858. The molecule has 0 aromatic heterocycles. The van der Waals surface area contributed by atoms with Gasteiger partial charge >= 0.3 is 5.97 Å². The van der Waals surface area contributed by atoms with E-state index in [0.29, 0.717) is 5.25 Å². The van der Waals surface area contributed by atoms with Gasteiger partial charge in [0.1, 0.15) is 6.04 Å². The maximum Gasteiger partial charge on any atom is 0.320 e. The van der Waals surface area contributed by atoms with Crippen molar-refractivity contribution in [2.75, 3.05) is 6.54 Å². The van der Waals surface area contributed by atoms with Crippen LogP contribution in [0.5, 0.6) is 0 Å². The zero-order valence-electron chi connectivity index (χ0n) is 10.7. The Hall–Kier alpha value is -1.00. The van der Waals surface area contributed by atoms with Gasteiger partial charge in [0.2, 0.25) is 0 Å². The minimum absolute atomic E-state index is 0.108. The van der Waals surface area contributed by atoms with Crippen LogP contribution in [-0.2, 0) is 11.2 Å². The number of fused-ring (bicyclic) bond motifs is 1. The van der Waals surface area contributed by atoms with Gasteiger partial charge in [-0.3, -0.25) is 4.79 Å². The van der Waals surface area contributed by atoms with Gasteiger partial charge in [0.05, 0.1) is 0 Å². The van der Waals surface area contributed by atoms with E-state index in [1.807, 2.05) is 25.6 Å². The van der Waals surface area contributed by atoms with Gasteiger partial charge in [-0.25, -0.2) is 0 Å². The number of nitrogens with one attached hydrogen (secondary N) is 1. The van der Waals surface area contributed by atoms with Crippen molar-refractivity contribution in [3.05, 3.63) is 29.8 Å². The molecule has 2 rings (SSSR count). The number of carboxylic acid groups (broad SMARTS) is 1. The molecule has 3 nitrogen and oxygen atoms in total. The average molecular weight is 265 g/mol. The molecule has 2 atom stereocenters. The van der Waals surface area contributed by atoms with E-state index in [1.54, 1.807) is 0 Å². The summed E-state index contributed by atoms with van der Waals surface area (Å²) in [5.41, 5.74) is 1.38. The van der Waals surface area contributed by atoms with Crippen LogP contribution < -0.4 is 5.32 Å². The molecule has 1 aromatic rings. The fraction of sp³-hybridized carbons (Fsp3) is 0.500. The van der Waals surface area contributed by atoms with Crippen molar-refractivity contribution in [2.45, 2.75) is 36.5 Å². The van der Waals surface area contributed by atoms with E-state index in [2.05, 4.69) is 29.6 Å². The van der Waals surface area contributed by atoms with E-state index >= 15 is 0 Å². The summed E-state index contributed by atoms with van der Waals surface area (Å²) >= 11 is 1.85. The molecule has 1 heterocycles. The summed E-state index contributed by atoms with van der Waals surface area (Å²) in [5.74, 6) is -0.651. The SMILES string of the molecule is CC(C)C(NCC1Cc2ccccc2S1)C(=O)O. The van der Waals surface area contributed by atoms with E-state index in [1.165, 1.54) is 10.5 Å². The summed E-state index contributed by atoms with van der Waals surface area (Å²) in [4.78, 5) is 12.4. The number of hydrogen-bond acceptors (Lipinski definition) is 3. The number of hydrogen-bond donors (Lipinski definition) is 2. The molecule has 2 unspecified atom stereocenters. The van der Waals surface area contributed by atoms with Crippen LogP contribution >= 0.6 is 11.8 Å². The van der Waals surface area contributed by atoms with E-state index in [9.17, 15) is 4.79 Å². The number of carboxylic acids is 1. The third-order valence-electron chi connectivity index (χ3n) is 3.21. The number of benzene rings is 1. The second-order valence-electron chi connectivity index (χ2n) is 5.02. The highest BCUT2D eigenvalue weighted by atomic mass is 32.2. The molecule has 1 aliphatic heterocycles. The van der Waals surface area contributed by atoms with Crippen LogP contribution in [0.15, 0.2) is 29.2 Å². The highest BCUT2D eigenvalue weighted by Gasteiger charge is 2.25. The Balaban J connectivity index is 1.88. The molecule has 18 heavy (non-hydrogen) atoms. The molecule has 2 N–H and O–H groups in total. The molecule has 0 fully saturated rings. The molecular formula is C14H19NO2S. The summed E-state index contributed by atoms with van der Waals surface area (Å²) in [5, 5.41) is 12.7. The second-order valence-corrected chi connectivity index (χ2v) is 6.36. The lowest BCUT2D eigenvalue weighted by Gasteiger charge is -2.19. The van der Waals surface area contributed by atoms with Gasteiger partial charge in [-0.2, -0.15) is 0 Å². The third-order valence-corrected chi connectivity index (χ3v) is 4.53. The third kappa shape index (κ3) is 3.06. The standard InChI is InChI=1S/C14H19NO2S/c1-9(2)13(14(16)17)15-8-11-7-10-5-3-4-6-12(10)18-11/h3-6,9,11,13,15H,7-8H2,1-2H3,(H,16,17). The molecule has 0 saturated heterocycles. The van der Waals surface area contributed by atoms with Crippen molar-refractivity contribution in [1.29, 1.82) is 0 Å². The Labute approximate surface area is 112 Å². The highest BCUT2D eigenvalue weighted by Crippen LogP contribution is 2.36. The first-order valence-corrected chi connectivity index (χ1v) is 7.16. The normalized spacial score (nSPS) is 19.8. The van der Waals surface area contributed by atoms with Crippen LogP contribution in [0.25, 0.3) is 0 Å². The summed E-state index contributed by atoms with van der Waals surface area (Å²) in [6, 6.07) is 7.95. The zero-order chi connectivity index (χ0) is 13.1. The Bertz CT molecular complexity index is 409. The number of aliphatic carboxylic acids is 1. The lowest BCUT2D eigenvalue weighted by molar-refractivity contribution is -0.140. The number of thioether (sulfide) groups is 1. The Morgan fingerprint density at radius 2 is 2.22 bits per heavy atom. The van der Waals surface area contributed by atoms with Gasteiger partial charge < -0.3 is 10.4 Å². The van der Waals surface area contributed by atoms with Crippen molar-refractivity contribution < 1.29 is 9.90 Å². The van der Waals surface area contributed by atoms with Crippen LogP contribution in [0.3, 0.4) is 0 Å². The molecule has 0 spiro atoms. The van der Waals surface area contributed by atoms with Crippen molar-refractivity contribution >= 4 is 17.7 Å². The largest absolute Gasteiger partial charge is 0.480 e. The molecule has 0 amide bonds. The van der Waals surface area contributed by atoms with Crippen LogP contribution in [0.4, 0.5) is 0 Å². The molecule has 0 bridgehead atoms. The molecule has 1 aromatic carbocycles. The van der Waals surface area contributed by atoms with Crippen molar-refractivity contribution in [2.24, 2.45) is 5.92 Å². The van der Waals surface area contributed by atoms with Gasteiger partial charge in [0, 0.05) is 16.7 Å². The predicted octanol–water partition coefficient (Wildman–Crippen LogP) is 2.40. The van der Waals surface area contributed by atoms with Gasteiger partial charge in [0.25, 0.3) is 0 Å². The van der Waals surface area contributed by atoms with Gasteiger partial charge in [0.15, 0.2) is 0 Å². The highest BCUT2D eigenvalue weighted by molar-refractivity contribution is 8.00. The molecular weight excluding hydrogens is 246 g/mol. The molecule has 1 aliphatic rings. The van der Waals surface area contributed by atoms with Gasteiger partial charge in [-0.05, 0) is 24.0 Å². The summed E-state index contributed by atoms with van der Waals surface area (Å²) in [6.07, 6.45) is 1.03. The van der Waals surface area contributed by atoms with Gasteiger partial charge in [-0.1, -0.05) is 32.0 Å². The second kappa shape index (κ2) is 5.76. The van der Waals surface area contributed by atoms with Crippen LogP contribution in [-0.4, -0.2) is 28.9 Å². The van der Waals surface area contributed by atoms with Crippen LogP contribution in [0.1, 0.15) is 19.4 Å². The lowest BCUT2D eigenvalue weighted by Crippen LogP contribution is -2.43. The molecule has 0 aliphatic carbocycles. The van der Waals surface area contributed by atoms with Crippen molar-refractivity contribution in [3.63, 3.8) is 0 Å². The summed E-state index contributed by atoms with van der Waals surface area (Å²) < 4.78 is 0. The number of rotatable bonds is 5. The van der Waals surface area contributed by atoms with Crippen molar-refractivity contribution in [3.8, 4) is 0 Å². The monoisotopic (exact) mass is 265 g/mol. The fourth-order valence-corrected chi connectivity index (χ4v) is 3.50. The maximum absolute atomic E-state index is 11.1. The Morgan fingerprint density at radius 3 is 2.83 bits per heavy atom. The first kappa shape index (κ1) is 13.4. The van der Waals surface area contributed by atoms with E-state index < -0.39 is 12.0 Å². The molecule has 0 radical (unpaired) electrons. The lowest BCUT2D eigenvalue weighted by atomic mass is 10.0. The topological polar surface area (TPSA) is 49.3 Å². The van der Waals surface area contributed by atoms with Crippen molar-refractivity contribution in [1.82, 2.24) is 5.32 Å². The van der Waals surface area contributed by atoms with Crippen LogP contribution in [0.2, 0.25) is 0 Å². The van der Waals surface area contributed by atoms with E-state index in [-0.39, 0.29) is 5.92 Å². The Morgan fingerprint density at radius 1 is 1.50 bits per heavy atom. The minimum Gasteiger partial charge on any atom is -0.480 e. The maximum atomic E-state index is 11.1. The predicted molar refractivity (Wildman–Crippen MR) is 74.1 cm³/mol. The zero-order valence-corrected chi connectivity index (χ0v) is 11.5. The first-order valence-electron chi connectivity index (χ1n) is 6.28. The molecule has 0 saturated carbocycles. The minimum atomic E-state index is -0.759. The first-order chi connectivity index (χ1) is 8.58. The summed E-state index contributed by atoms with van der Waals surface area (Å²) in [7, 11) is 0. The number of carbonyl (C=O) groups is 1. The summed E-state index contributed by atoms with van der Waals surface area (Å²) in [6.45, 7) is 4.61. The van der Waals surface area contributed by atoms with E-state index in [0.717, 1.165) is 13.0 Å². The fourth-order valence-electron chi connectivity index (χ4n) is 2.23. The van der Waals surface area contributed by atoms with Gasteiger partial charge in [-0.15, -0.1) is 11.8 Å². The molecule has 4 heteroatoms. The van der Waals surface area contributed by atoms with E-state index in [4.69, 9.17) is 5.11 Å². The molecule has 98 valence electrons. The Kier molecular flexibility index (Phi) is 4.30.